The topological polar surface area (TPSA) is 33.7 Å². The van der Waals surface area contributed by atoms with Crippen LogP contribution in [-0.2, 0) is 9.47 Å². The molecule has 4 nitrogen and oxygen atoms in total. The molecule has 19 heavy (non-hydrogen) atoms. The van der Waals surface area contributed by atoms with E-state index in [0.29, 0.717) is 12.6 Å². The summed E-state index contributed by atoms with van der Waals surface area (Å²) in [6.45, 7) is 7.05. The molecule has 1 aliphatic heterocycles. The Hall–Kier alpha value is -0.160. The zero-order valence-corrected chi connectivity index (χ0v) is 12.6. The van der Waals surface area contributed by atoms with Gasteiger partial charge in [-0.3, -0.25) is 4.90 Å². The van der Waals surface area contributed by atoms with Crippen LogP contribution in [0.1, 0.15) is 39.0 Å². The normalized spacial score (nSPS) is 28.1. The predicted molar refractivity (Wildman–Crippen MR) is 77.5 cm³/mol. The molecule has 1 saturated heterocycles. The van der Waals surface area contributed by atoms with Crippen molar-refractivity contribution in [3.05, 3.63) is 0 Å². The van der Waals surface area contributed by atoms with Crippen LogP contribution in [0, 0.1) is 0 Å². The Kier molecular flexibility index (Phi) is 6.57. The molecule has 1 saturated carbocycles. The average molecular weight is 270 g/mol. The van der Waals surface area contributed by atoms with Crippen LogP contribution in [0.25, 0.3) is 0 Å². The van der Waals surface area contributed by atoms with E-state index in [1.165, 1.54) is 32.2 Å². The highest BCUT2D eigenvalue weighted by Gasteiger charge is 2.38. The van der Waals surface area contributed by atoms with Gasteiger partial charge < -0.3 is 14.8 Å². The summed E-state index contributed by atoms with van der Waals surface area (Å²) in [4.78, 5) is 2.70. The number of hydrogen-bond acceptors (Lipinski definition) is 4. The molecule has 2 atom stereocenters. The molecule has 2 aliphatic rings. The first-order valence-electron chi connectivity index (χ1n) is 7.87. The Morgan fingerprint density at radius 3 is 2.74 bits per heavy atom. The molecule has 0 aromatic rings. The molecule has 2 unspecified atom stereocenters. The number of rotatable bonds is 10. The number of nitrogens with one attached hydrogen (secondary N) is 1. The second-order valence-electron chi connectivity index (χ2n) is 5.98. The Bertz CT molecular complexity index is 246. The molecule has 0 amide bonds. The van der Waals surface area contributed by atoms with Crippen LogP contribution in [0.4, 0.5) is 0 Å². The van der Waals surface area contributed by atoms with Crippen LogP contribution in [-0.4, -0.2) is 63.0 Å². The third kappa shape index (κ3) is 5.38. The highest BCUT2D eigenvalue weighted by molar-refractivity contribution is 4.95. The van der Waals surface area contributed by atoms with Gasteiger partial charge in [-0.25, -0.2) is 0 Å². The summed E-state index contributed by atoms with van der Waals surface area (Å²) in [6, 6.07) is 2.41. The minimum Gasteiger partial charge on any atom is -0.382 e. The zero-order valence-electron chi connectivity index (χ0n) is 12.6. The SMILES string of the molecule is COCCOCCCCNC1CC(C)N(C2CC2)C1. The summed E-state index contributed by atoms with van der Waals surface area (Å²) in [5, 5.41) is 3.70. The molecule has 112 valence electrons. The fourth-order valence-corrected chi connectivity index (χ4v) is 3.00. The quantitative estimate of drug-likeness (QED) is 0.612. The van der Waals surface area contributed by atoms with E-state index in [-0.39, 0.29) is 0 Å². The maximum Gasteiger partial charge on any atom is 0.0700 e. The van der Waals surface area contributed by atoms with Crippen molar-refractivity contribution in [1.29, 1.82) is 0 Å². The van der Waals surface area contributed by atoms with Crippen molar-refractivity contribution in [3.63, 3.8) is 0 Å². The van der Waals surface area contributed by atoms with Crippen LogP contribution >= 0.6 is 0 Å². The van der Waals surface area contributed by atoms with Gasteiger partial charge in [0.25, 0.3) is 0 Å². The number of unbranched alkanes of at least 4 members (excludes halogenated alkanes) is 1. The van der Waals surface area contributed by atoms with Crippen LogP contribution in [0.15, 0.2) is 0 Å². The number of likely N-dealkylation sites (tertiary alicyclic amines) is 1. The zero-order chi connectivity index (χ0) is 13.5. The Balaban J connectivity index is 1.43. The maximum absolute atomic E-state index is 5.46. The van der Waals surface area contributed by atoms with Gasteiger partial charge in [0.2, 0.25) is 0 Å². The molecule has 4 heteroatoms. The molecule has 0 radical (unpaired) electrons. The van der Waals surface area contributed by atoms with Crippen LogP contribution < -0.4 is 5.32 Å². The van der Waals surface area contributed by atoms with E-state index in [1.807, 2.05) is 0 Å². The molecule has 0 aromatic carbocycles. The van der Waals surface area contributed by atoms with Gasteiger partial charge in [0, 0.05) is 38.4 Å². The standard InChI is InChI=1S/C15H30N2O2/c1-13-11-14(12-17(13)15-5-6-15)16-7-3-4-8-19-10-9-18-2/h13-16H,3-12H2,1-2H3. The van der Waals surface area contributed by atoms with Crippen molar-refractivity contribution in [1.82, 2.24) is 10.2 Å². The van der Waals surface area contributed by atoms with Gasteiger partial charge in [0.1, 0.15) is 0 Å². The predicted octanol–water partition coefficient (Wildman–Crippen LogP) is 1.64. The number of nitrogens with zero attached hydrogens (tertiary/aromatic N) is 1. The van der Waals surface area contributed by atoms with Gasteiger partial charge >= 0.3 is 0 Å². The largest absolute Gasteiger partial charge is 0.382 e. The minimum atomic E-state index is 0.704. The molecule has 1 aliphatic carbocycles. The van der Waals surface area contributed by atoms with E-state index in [0.717, 1.165) is 38.3 Å². The monoisotopic (exact) mass is 270 g/mol. The van der Waals surface area contributed by atoms with E-state index in [2.05, 4.69) is 17.1 Å². The van der Waals surface area contributed by atoms with E-state index >= 15 is 0 Å². The van der Waals surface area contributed by atoms with Crippen LogP contribution in [0.2, 0.25) is 0 Å². The molecule has 0 bridgehead atoms. The third-order valence-corrected chi connectivity index (χ3v) is 4.22. The van der Waals surface area contributed by atoms with Crippen molar-refractivity contribution < 1.29 is 9.47 Å². The fourth-order valence-electron chi connectivity index (χ4n) is 3.00. The first kappa shape index (κ1) is 15.2. The van der Waals surface area contributed by atoms with E-state index in [4.69, 9.17) is 9.47 Å². The number of hydrogen-bond donors (Lipinski definition) is 1. The second kappa shape index (κ2) is 8.20. The first-order chi connectivity index (χ1) is 9.31. The molecule has 0 aromatic heterocycles. The second-order valence-corrected chi connectivity index (χ2v) is 5.98. The Morgan fingerprint density at radius 1 is 1.16 bits per heavy atom. The smallest absolute Gasteiger partial charge is 0.0700 e. The number of ether oxygens (including phenoxy) is 2. The lowest BCUT2D eigenvalue weighted by molar-refractivity contribution is 0.0687. The molecule has 1 N–H and O–H groups in total. The van der Waals surface area contributed by atoms with Gasteiger partial charge in [-0.15, -0.1) is 0 Å². The molecule has 0 spiro atoms. The highest BCUT2D eigenvalue weighted by Crippen LogP contribution is 2.33. The summed E-state index contributed by atoms with van der Waals surface area (Å²) < 4.78 is 10.4. The Morgan fingerprint density at radius 2 is 2.00 bits per heavy atom. The molecular weight excluding hydrogens is 240 g/mol. The maximum atomic E-state index is 5.46. The summed E-state index contributed by atoms with van der Waals surface area (Å²) in [5.74, 6) is 0. The van der Waals surface area contributed by atoms with Gasteiger partial charge in [-0.1, -0.05) is 0 Å². The van der Waals surface area contributed by atoms with Crippen molar-refractivity contribution in [3.8, 4) is 0 Å². The van der Waals surface area contributed by atoms with E-state index < -0.39 is 0 Å². The summed E-state index contributed by atoms with van der Waals surface area (Å²) in [5.41, 5.74) is 0. The van der Waals surface area contributed by atoms with Crippen molar-refractivity contribution in [2.75, 3.05) is 40.0 Å². The van der Waals surface area contributed by atoms with Crippen molar-refractivity contribution >= 4 is 0 Å². The van der Waals surface area contributed by atoms with Gasteiger partial charge in [-0.2, -0.15) is 0 Å². The lowest BCUT2D eigenvalue weighted by Gasteiger charge is -2.19. The highest BCUT2D eigenvalue weighted by atomic mass is 16.5. The van der Waals surface area contributed by atoms with Gasteiger partial charge in [0.05, 0.1) is 13.2 Å². The van der Waals surface area contributed by atoms with Gasteiger partial charge in [0.15, 0.2) is 0 Å². The third-order valence-electron chi connectivity index (χ3n) is 4.22. The summed E-state index contributed by atoms with van der Waals surface area (Å²) >= 11 is 0. The number of methoxy groups -OCH3 is 1. The van der Waals surface area contributed by atoms with Crippen LogP contribution in [0.3, 0.4) is 0 Å². The summed E-state index contributed by atoms with van der Waals surface area (Å²) in [6.07, 6.45) is 6.53. The van der Waals surface area contributed by atoms with Crippen molar-refractivity contribution in [2.45, 2.75) is 57.2 Å². The molecule has 2 rings (SSSR count). The first-order valence-corrected chi connectivity index (χ1v) is 7.87. The minimum absolute atomic E-state index is 0.704. The van der Waals surface area contributed by atoms with Crippen LogP contribution in [0.5, 0.6) is 0 Å². The average Bonchev–Trinajstić information content (AvgIpc) is 3.17. The van der Waals surface area contributed by atoms with Crippen molar-refractivity contribution in [2.24, 2.45) is 0 Å². The fraction of sp³-hybridized carbons (Fsp3) is 1.00. The molecular formula is C15H30N2O2. The van der Waals surface area contributed by atoms with E-state index in [1.54, 1.807) is 7.11 Å². The summed E-state index contributed by atoms with van der Waals surface area (Å²) in [7, 11) is 1.71. The lowest BCUT2D eigenvalue weighted by Crippen LogP contribution is -2.34. The van der Waals surface area contributed by atoms with Gasteiger partial charge in [-0.05, 0) is 45.6 Å². The lowest BCUT2D eigenvalue weighted by atomic mass is 10.2. The molecule has 1 heterocycles. The van der Waals surface area contributed by atoms with E-state index in [9.17, 15) is 0 Å². The Labute approximate surface area is 117 Å². The molecule has 2 fully saturated rings.